The molecule has 0 atom stereocenters. The number of hydrogen-bond acceptors (Lipinski definition) is 8. The quantitative estimate of drug-likeness (QED) is 0.0599. The number of halogens is 8. The van der Waals surface area contributed by atoms with Gasteiger partial charge in [0.05, 0.1) is 49.6 Å². The third-order valence-electron chi connectivity index (χ3n) is 17.7. The van der Waals surface area contributed by atoms with Crippen LogP contribution >= 0.6 is 126 Å². The second-order valence-electron chi connectivity index (χ2n) is 24.7. The molecule has 0 radical (unpaired) electrons. The number of benzene rings is 9. The summed E-state index contributed by atoms with van der Waals surface area (Å²) in [6.07, 6.45) is 9.42. The van der Waals surface area contributed by atoms with Gasteiger partial charge in [0, 0.05) is 152 Å². The number of aromatic amines is 7. The molecule has 0 amide bonds. The smallest absolute Gasteiger partial charge is 0.140 e. The number of phenols is 1. The summed E-state index contributed by atoms with van der Waals surface area (Å²) in [5, 5.41) is 18.4. The Morgan fingerprint density at radius 1 is 0.333 bits per heavy atom. The number of imidazole rings is 4. The lowest BCUT2D eigenvalue weighted by molar-refractivity contribution is 0.475. The van der Waals surface area contributed by atoms with Gasteiger partial charge in [-0.1, -0.05) is 164 Å². The van der Waals surface area contributed by atoms with Crippen LogP contribution in [-0.4, -0.2) is 64.9 Å². The highest BCUT2D eigenvalue weighted by atomic mass is 79.9. The highest BCUT2D eigenvalue weighted by molar-refractivity contribution is 9.11. The fraction of sp³-hybridized carbons (Fsp3) is 0. The van der Waals surface area contributed by atoms with Crippen molar-refractivity contribution in [2.24, 2.45) is 0 Å². The lowest BCUT2D eigenvalue weighted by Crippen LogP contribution is -1.84. The van der Waals surface area contributed by atoms with Gasteiger partial charge in [-0.2, -0.15) is 0 Å². The predicted octanol–water partition coefficient (Wildman–Crippen LogP) is 27.6. The molecule has 10 aromatic heterocycles. The molecule has 19 rings (SSSR count). The summed E-state index contributed by atoms with van der Waals surface area (Å²) in [5.74, 6) is 3.14. The fourth-order valence-electron chi connectivity index (χ4n) is 12.6. The van der Waals surface area contributed by atoms with Crippen molar-refractivity contribution in [3.8, 4) is 140 Å². The maximum atomic E-state index is 13.4. The van der Waals surface area contributed by atoms with Crippen LogP contribution < -0.4 is 0 Å². The molecule has 528 valence electrons. The predicted molar refractivity (Wildman–Crippen MR) is 459 cm³/mol. The molecule has 23 heteroatoms. The third kappa shape index (κ3) is 15.7. The van der Waals surface area contributed by atoms with E-state index in [0.717, 1.165) is 180 Å². The van der Waals surface area contributed by atoms with Crippen molar-refractivity contribution in [2.75, 3.05) is 0 Å². The van der Waals surface area contributed by atoms with Crippen molar-refractivity contribution in [3.05, 3.63) is 317 Å². The van der Waals surface area contributed by atoms with Crippen LogP contribution in [0.2, 0.25) is 10.0 Å². The van der Waals surface area contributed by atoms with E-state index in [2.05, 4.69) is 191 Å². The number of nitrogens with one attached hydrogen (secondary N) is 7. The van der Waals surface area contributed by atoms with Gasteiger partial charge in [-0.05, 0) is 187 Å². The zero-order valence-corrected chi connectivity index (χ0v) is 67.2. The molecular weight excluding hydrogens is 1760 g/mol. The first-order chi connectivity index (χ1) is 52.7. The molecule has 0 fully saturated rings. The summed E-state index contributed by atoms with van der Waals surface area (Å²) in [6.45, 7) is 0. The molecule has 0 aliphatic carbocycles. The zero-order valence-electron chi connectivity index (χ0n) is 56.1. The minimum atomic E-state index is -0.272. The molecule has 0 aliphatic rings. The highest BCUT2D eigenvalue weighted by Crippen LogP contribution is 2.43. The minimum Gasteiger partial charge on any atom is -0.508 e. The van der Waals surface area contributed by atoms with Crippen molar-refractivity contribution >= 4 is 158 Å². The van der Waals surface area contributed by atoms with Crippen molar-refractivity contribution in [1.29, 1.82) is 0 Å². The van der Waals surface area contributed by atoms with E-state index in [9.17, 15) is 9.50 Å². The second-order valence-corrected chi connectivity index (χ2v) is 32.0. The number of hydrogen-bond donors (Lipinski definition) is 8. The Kier molecular flexibility index (Phi) is 21.2. The number of aromatic hydroxyl groups is 1. The van der Waals surface area contributed by atoms with Crippen molar-refractivity contribution in [3.63, 3.8) is 0 Å². The van der Waals surface area contributed by atoms with Gasteiger partial charge in [-0.3, -0.25) is 4.98 Å². The van der Waals surface area contributed by atoms with Crippen molar-refractivity contribution < 1.29 is 9.50 Å². The van der Waals surface area contributed by atoms with Gasteiger partial charge in [0.2, 0.25) is 0 Å². The van der Waals surface area contributed by atoms with E-state index >= 15 is 0 Å². The molecule has 0 unspecified atom stereocenters. The van der Waals surface area contributed by atoms with Crippen LogP contribution in [-0.2, 0) is 0 Å². The van der Waals surface area contributed by atoms with Gasteiger partial charge >= 0.3 is 0 Å². The summed E-state index contributed by atoms with van der Waals surface area (Å²) in [4.78, 5) is 50.0. The summed E-state index contributed by atoms with van der Waals surface area (Å²) >= 11 is 33.6. The molecule has 19 aromatic rings. The Bertz CT molecular complexity index is 6200. The van der Waals surface area contributed by atoms with E-state index in [1.165, 1.54) is 21.9 Å². The molecular formula is C85H54Br5Cl2FN12OS2. The lowest BCUT2D eigenvalue weighted by atomic mass is 10.1. The molecule has 0 aliphatic heterocycles. The maximum absolute atomic E-state index is 13.4. The van der Waals surface area contributed by atoms with E-state index in [1.807, 2.05) is 158 Å². The normalized spacial score (nSPS) is 11.2. The number of nitrogens with zero attached hydrogens (tertiary/aromatic N) is 5. The van der Waals surface area contributed by atoms with E-state index in [1.54, 1.807) is 59.3 Å². The first-order valence-corrected chi connectivity index (χ1v) is 39.9. The van der Waals surface area contributed by atoms with Crippen LogP contribution in [0.4, 0.5) is 4.39 Å². The van der Waals surface area contributed by atoms with Crippen LogP contribution in [0.15, 0.2) is 301 Å². The van der Waals surface area contributed by atoms with Crippen LogP contribution in [0, 0.1) is 5.82 Å². The van der Waals surface area contributed by atoms with E-state index < -0.39 is 0 Å². The molecule has 10 heterocycles. The summed E-state index contributed by atoms with van der Waals surface area (Å²) in [5.41, 5.74) is 20.3. The lowest BCUT2D eigenvalue weighted by Gasteiger charge is -2.04. The number of fused-ring (bicyclic) bond motifs is 3. The molecule has 0 saturated heterocycles. The van der Waals surface area contributed by atoms with Gasteiger partial charge in [-0.15, -0.1) is 22.7 Å². The maximum Gasteiger partial charge on any atom is 0.140 e. The van der Waals surface area contributed by atoms with Crippen molar-refractivity contribution in [2.45, 2.75) is 0 Å². The second kappa shape index (κ2) is 31.9. The van der Waals surface area contributed by atoms with Gasteiger partial charge in [0.15, 0.2) is 0 Å². The van der Waals surface area contributed by atoms with Gasteiger partial charge in [-0.25, -0.2) is 24.3 Å². The highest BCUT2D eigenvalue weighted by Gasteiger charge is 2.23. The Hall–Kier alpha value is -10.3. The molecule has 108 heavy (non-hydrogen) atoms. The average molecular weight is 1810 g/mol. The standard InChI is InChI=1S/C23H14BrCl2N3.C22H14BrFN4.C21H14Br2N2O.C19H12BrN3S2/c24-15-7-8-20-18(11-15)19(12-27-20)23-28-21(13-3-1-5-16(25)9-13)22(29-23)14-4-2-6-17(26)10-14;23-15-3-6-19-17(11-15)18(12-26-19)22-27-20(13-1-4-16(24)5-2-13)21(28-22)14-7-9-25-10-8-14;22-16-7-1-13(2-8-16)19-20(14-3-9-17(23)10-4-14)25-21(24-19)15-5-11-18(26)12-6-15;20-11-5-6-14-12(9-11)13(10-21-14)19-22-17(15-3-1-7-24-15)18(23-19)16-4-2-8-25-16/h1-12,27H,(H,28,29);1-12,26H,(H,27,28);1-12,26H,(H,24,25);1-10,21H,(H,22,23). The van der Waals surface area contributed by atoms with Crippen LogP contribution in [0.3, 0.4) is 0 Å². The van der Waals surface area contributed by atoms with Crippen molar-refractivity contribution in [1.82, 2.24) is 59.8 Å². The number of rotatable bonds is 12. The Balaban J connectivity index is 0.000000110. The minimum absolute atomic E-state index is 0.238. The van der Waals surface area contributed by atoms with Gasteiger partial charge < -0.3 is 40.0 Å². The molecule has 9 aromatic carbocycles. The Labute approximate surface area is 677 Å². The molecule has 0 bridgehead atoms. The molecule has 8 N–H and O–H groups in total. The fourth-order valence-corrected chi connectivity index (χ4v) is 16.0. The topological polar surface area (TPSA) is 195 Å². The first-order valence-electron chi connectivity index (χ1n) is 33.4. The van der Waals surface area contributed by atoms with Crippen LogP contribution in [0.5, 0.6) is 5.75 Å². The average Bonchev–Trinajstić information content (AvgIpc) is 1.64. The molecule has 0 saturated carbocycles. The van der Waals surface area contributed by atoms with E-state index in [0.29, 0.717) is 10.0 Å². The van der Waals surface area contributed by atoms with E-state index in [4.69, 9.17) is 43.1 Å². The number of phenolic OH excluding ortho intramolecular Hbond substituents is 1. The molecule has 0 spiro atoms. The summed E-state index contributed by atoms with van der Waals surface area (Å²) in [6, 6.07) is 75.8. The Morgan fingerprint density at radius 3 is 1.21 bits per heavy atom. The van der Waals surface area contributed by atoms with Crippen LogP contribution in [0.25, 0.3) is 167 Å². The van der Waals surface area contributed by atoms with Gasteiger partial charge in [0.1, 0.15) is 40.6 Å². The van der Waals surface area contributed by atoms with Gasteiger partial charge in [0.25, 0.3) is 0 Å². The number of thiophene rings is 2. The summed E-state index contributed by atoms with van der Waals surface area (Å²) in [7, 11) is 0. The van der Waals surface area contributed by atoms with Crippen LogP contribution in [0.1, 0.15) is 0 Å². The number of H-pyrrole nitrogens is 7. The monoisotopic (exact) mass is 1810 g/mol. The largest absolute Gasteiger partial charge is 0.508 e. The third-order valence-corrected chi connectivity index (χ3v) is 22.5. The zero-order chi connectivity index (χ0) is 73.9. The Morgan fingerprint density at radius 2 is 0.722 bits per heavy atom. The van der Waals surface area contributed by atoms with E-state index in [-0.39, 0.29) is 11.6 Å². The summed E-state index contributed by atoms with van der Waals surface area (Å²) < 4.78 is 18.6. The number of aromatic nitrogens is 12. The number of pyridine rings is 1. The SMILES string of the molecule is Brc1ccc2[nH]cc(-c3nc(-c4cccs4)c(-c4cccs4)[nH]3)c2c1.Clc1cccc(-c2nc(-c3c[nH]c4ccc(Br)cc34)[nH]c2-c2cccc(Cl)c2)c1.Fc1ccc(-c2nc(-c3c[nH]c4ccc(Br)cc34)[nH]c2-c2ccncc2)cc1.Oc1ccc(-c2nc(-c3ccc(Br)cc3)c(-c3ccc(Br)cc3)[nH]2)cc1. The first kappa shape index (κ1) is 71.9. The molecule has 13 nitrogen and oxygen atoms in total.